The van der Waals surface area contributed by atoms with Crippen LogP contribution in [0.4, 0.5) is 0 Å². The lowest BCUT2D eigenvalue weighted by Gasteiger charge is -2.34. The predicted octanol–water partition coefficient (Wildman–Crippen LogP) is 2.67. The zero-order valence-electron chi connectivity index (χ0n) is 14.8. The van der Waals surface area contributed by atoms with Gasteiger partial charge in [0.2, 0.25) is 0 Å². The van der Waals surface area contributed by atoms with Gasteiger partial charge in [-0.2, -0.15) is 0 Å². The van der Waals surface area contributed by atoms with E-state index in [0.717, 1.165) is 43.9 Å². The van der Waals surface area contributed by atoms with Gasteiger partial charge >= 0.3 is 0 Å². The Balaban J connectivity index is 1.66. The van der Waals surface area contributed by atoms with Crippen LogP contribution in [0, 0.1) is 6.92 Å². The molecule has 132 valence electrons. The molecule has 1 fully saturated rings. The summed E-state index contributed by atoms with van der Waals surface area (Å²) >= 11 is 0. The Labute approximate surface area is 149 Å². The van der Waals surface area contributed by atoms with Crippen LogP contribution in [0.2, 0.25) is 0 Å². The molecule has 1 aliphatic heterocycles. The molecule has 1 aliphatic rings. The van der Waals surface area contributed by atoms with E-state index in [-0.39, 0.29) is 11.9 Å². The van der Waals surface area contributed by atoms with Crippen LogP contribution in [-0.2, 0) is 11.2 Å². The van der Waals surface area contributed by atoms with Crippen LogP contribution >= 0.6 is 0 Å². The van der Waals surface area contributed by atoms with E-state index in [1.807, 2.05) is 37.3 Å². The maximum atomic E-state index is 12.6. The van der Waals surface area contributed by atoms with Gasteiger partial charge in [0, 0.05) is 31.2 Å². The topological polar surface area (TPSA) is 41.6 Å². The molecule has 2 aromatic rings. The Morgan fingerprint density at radius 1 is 1.08 bits per heavy atom. The Morgan fingerprint density at radius 2 is 1.76 bits per heavy atom. The zero-order chi connectivity index (χ0) is 17.5. The number of amides is 1. The van der Waals surface area contributed by atoms with Gasteiger partial charge in [-0.1, -0.05) is 48.5 Å². The molecule has 0 radical (unpaired) electrons. The van der Waals surface area contributed by atoms with Gasteiger partial charge < -0.3 is 10.1 Å². The van der Waals surface area contributed by atoms with Crippen molar-refractivity contribution in [3.8, 4) is 0 Å². The van der Waals surface area contributed by atoms with Crippen LogP contribution in [-0.4, -0.2) is 49.7 Å². The SMILES string of the molecule is Cc1ccccc1C(=O)NCC(Cc1ccccc1)N1CCOCC1. The van der Waals surface area contributed by atoms with Gasteiger partial charge in [-0.25, -0.2) is 0 Å². The van der Waals surface area contributed by atoms with Gasteiger partial charge in [0.05, 0.1) is 13.2 Å². The van der Waals surface area contributed by atoms with Crippen molar-refractivity contribution in [3.63, 3.8) is 0 Å². The molecular formula is C21H26N2O2. The number of benzene rings is 2. The average molecular weight is 338 g/mol. The summed E-state index contributed by atoms with van der Waals surface area (Å²) in [6, 6.07) is 18.5. The molecule has 1 unspecified atom stereocenters. The smallest absolute Gasteiger partial charge is 0.251 e. The lowest BCUT2D eigenvalue weighted by Crippen LogP contribution is -2.49. The molecule has 0 aromatic heterocycles. The largest absolute Gasteiger partial charge is 0.379 e. The molecule has 1 N–H and O–H groups in total. The number of carbonyl (C=O) groups is 1. The maximum Gasteiger partial charge on any atom is 0.251 e. The molecule has 0 spiro atoms. The van der Waals surface area contributed by atoms with E-state index >= 15 is 0 Å². The normalized spacial score (nSPS) is 16.4. The van der Waals surface area contributed by atoms with Gasteiger partial charge in [0.1, 0.15) is 0 Å². The Morgan fingerprint density at radius 3 is 2.48 bits per heavy atom. The minimum absolute atomic E-state index is 0.00409. The van der Waals surface area contributed by atoms with Crippen LogP contribution in [0.15, 0.2) is 54.6 Å². The molecule has 0 saturated carbocycles. The number of nitrogens with zero attached hydrogens (tertiary/aromatic N) is 1. The minimum atomic E-state index is 0.00409. The third-order valence-electron chi connectivity index (χ3n) is 4.76. The summed E-state index contributed by atoms with van der Waals surface area (Å²) in [5.41, 5.74) is 3.05. The standard InChI is InChI=1S/C21H26N2O2/c1-17-7-5-6-10-20(17)21(24)22-16-19(23-11-13-25-14-12-23)15-18-8-3-2-4-9-18/h2-10,19H,11-16H2,1H3,(H,22,24). The first-order valence-corrected chi connectivity index (χ1v) is 8.93. The number of hydrogen-bond donors (Lipinski definition) is 1. The lowest BCUT2D eigenvalue weighted by molar-refractivity contribution is 0.0167. The van der Waals surface area contributed by atoms with E-state index in [9.17, 15) is 4.79 Å². The van der Waals surface area contributed by atoms with Crippen LogP contribution in [0.5, 0.6) is 0 Å². The van der Waals surface area contributed by atoms with Crippen LogP contribution in [0.25, 0.3) is 0 Å². The van der Waals surface area contributed by atoms with E-state index in [0.29, 0.717) is 6.54 Å². The highest BCUT2D eigenvalue weighted by Crippen LogP contribution is 2.12. The number of rotatable bonds is 6. The summed E-state index contributed by atoms with van der Waals surface area (Å²) in [5, 5.41) is 3.14. The second-order valence-electron chi connectivity index (χ2n) is 6.52. The first-order valence-electron chi connectivity index (χ1n) is 8.93. The molecule has 1 amide bonds. The molecule has 3 rings (SSSR count). The third kappa shape index (κ3) is 4.91. The highest BCUT2D eigenvalue weighted by molar-refractivity contribution is 5.95. The third-order valence-corrected chi connectivity index (χ3v) is 4.76. The van der Waals surface area contributed by atoms with Gasteiger partial charge in [0.15, 0.2) is 0 Å². The quantitative estimate of drug-likeness (QED) is 0.880. The summed E-state index contributed by atoms with van der Waals surface area (Å²) in [4.78, 5) is 15.0. The molecule has 2 aromatic carbocycles. The number of aryl methyl sites for hydroxylation is 1. The van der Waals surface area contributed by atoms with Crippen molar-refractivity contribution in [1.29, 1.82) is 0 Å². The van der Waals surface area contributed by atoms with Crippen LogP contribution in [0.3, 0.4) is 0 Å². The van der Waals surface area contributed by atoms with Crippen molar-refractivity contribution < 1.29 is 9.53 Å². The van der Waals surface area contributed by atoms with Crippen molar-refractivity contribution in [1.82, 2.24) is 10.2 Å². The van der Waals surface area contributed by atoms with E-state index in [1.165, 1.54) is 5.56 Å². The monoisotopic (exact) mass is 338 g/mol. The van der Waals surface area contributed by atoms with Gasteiger partial charge in [-0.3, -0.25) is 9.69 Å². The molecule has 1 atom stereocenters. The average Bonchev–Trinajstić information content (AvgIpc) is 2.67. The summed E-state index contributed by atoms with van der Waals surface area (Å²) in [7, 11) is 0. The van der Waals surface area contributed by atoms with Gasteiger partial charge in [0.25, 0.3) is 5.91 Å². The molecule has 0 aliphatic carbocycles. The van der Waals surface area contributed by atoms with Gasteiger partial charge in [-0.05, 0) is 30.5 Å². The van der Waals surface area contributed by atoms with Crippen molar-refractivity contribution in [2.45, 2.75) is 19.4 Å². The predicted molar refractivity (Wildman–Crippen MR) is 99.8 cm³/mol. The fraction of sp³-hybridized carbons (Fsp3) is 0.381. The van der Waals surface area contributed by atoms with E-state index in [4.69, 9.17) is 4.74 Å². The second-order valence-corrected chi connectivity index (χ2v) is 6.52. The molecule has 1 saturated heterocycles. The Hall–Kier alpha value is -2.17. The fourth-order valence-electron chi connectivity index (χ4n) is 3.29. The summed E-state index contributed by atoms with van der Waals surface area (Å²) in [6.45, 7) is 5.96. The van der Waals surface area contributed by atoms with Crippen LogP contribution in [0.1, 0.15) is 21.5 Å². The number of hydrogen-bond acceptors (Lipinski definition) is 3. The van der Waals surface area contributed by atoms with Crippen molar-refractivity contribution in [3.05, 3.63) is 71.3 Å². The number of nitrogens with one attached hydrogen (secondary N) is 1. The summed E-state index contributed by atoms with van der Waals surface area (Å²) in [5.74, 6) is 0.00409. The molecule has 0 bridgehead atoms. The van der Waals surface area contributed by atoms with E-state index in [1.54, 1.807) is 0 Å². The second kappa shape index (κ2) is 8.79. The molecular weight excluding hydrogens is 312 g/mol. The van der Waals surface area contributed by atoms with E-state index in [2.05, 4.69) is 34.5 Å². The Bertz CT molecular complexity index is 681. The number of carbonyl (C=O) groups excluding carboxylic acids is 1. The lowest BCUT2D eigenvalue weighted by atomic mass is 10.0. The fourth-order valence-corrected chi connectivity index (χ4v) is 3.29. The Kier molecular flexibility index (Phi) is 6.20. The first kappa shape index (κ1) is 17.6. The highest BCUT2D eigenvalue weighted by atomic mass is 16.5. The highest BCUT2D eigenvalue weighted by Gasteiger charge is 2.22. The molecule has 4 heteroatoms. The molecule has 25 heavy (non-hydrogen) atoms. The van der Waals surface area contributed by atoms with E-state index < -0.39 is 0 Å². The molecule has 1 heterocycles. The van der Waals surface area contributed by atoms with Crippen LogP contribution < -0.4 is 5.32 Å². The number of morpholine rings is 1. The molecule has 4 nitrogen and oxygen atoms in total. The summed E-state index contributed by atoms with van der Waals surface area (Å²) in [6.07, 6.45) is 0.925. The van der Waals surface area contributed by atoms with Crippen molar-refractivity contribution >= 4 is 5.91 Å². The minimum Gasteiger partial charge on any atom is -0.379 e. The summed E-state index contributed by atoms with van der Waals surface area (Å²) < 4.78 is 5.48. The first-order chi connectivity index (χ1) is 12.2. The van der Waals surface area contributed by atoms with Gasteiger partial charge in [-0.15, -0.1) is 0 Å². The van der Waals surface area contributed by atoms with Crippen molar-refractivity contribution in [2.24, 2.45) is 0 Å². The maximum absolute atomic E-state index is 12.6. The number of ether oxygens (including phenoxy) is 1. The van der Waals surface area contributed by atoms with Crippen molar-refractivity contribution in [2.75, 3.05) is 32.8 Å². The zero-order valence-corrected chi connectivity index (χ0v) is 14.8.